The number of benzene rings is 1. The summed E-state index contributed by atoms with van der Waals surface area (Å²) >= 11 is 0. The second-order valence-electron chi connectivity index (χ2n) is 4.60. The Labute approximate surface area is 107 Å². The van der Waals surface area contributed by atoms with Crippen molar-refractivity contribution in [3.05, 3.63) is 29.8 Å². The Bertz CT molecular complexity index is 422. The Balaban J connectivity index is 1.84. The zero-order chi connectivity index (χ0) is 13.0. The number of nitrogen functional groups attached to an aromatic ring is 1. The van der Waals surface area contributed by atoms with Crippen LogP contribution in [0.2, 0.25) is 0 Å². The summed E-state index contributed by atoms with van der Waals surface area (Å²) in [6.45, 7) is 2.69. The molecule has 0 aliphatic carbocycles. The van der Waals surface area contributed by atoms with E-state index in [0.717, 1.165) is 31.7 Å². The molecule has 1 unspecified atom stereocenters. The van der Waals surface area contributed by atoms with Gasteiger partial charge in [-0.15, -0.1) is 0 Å². The van der Waals surface area contributed by atoms with Gasteiger partial charge in [-0.25, -0.2) is 4.79 Å². The normalized spacial score (nSPS) is 19.7. The molecule has 0 aromatic heterocycles. The average Bonchev–Trinajstić information content (AvgIpc) is 2.76. The monoisotopic (exact) mass is 249 g/mol. The molecule has 1 aliphatic heterocycles. The van der Waals surface area contributed by atoms with Crippen molar-refractivity contribution in [1.82, 2.24) is 10.2 Å². The Kier molecular flexibility index (Phi) is 4.04. The number of nitrogens with two attached hydrogens (primary N) is 1. The maximum atomic E-state index is 11.1. The van der Waals surface area contributed by atoms with E-state index in [0.29, 0.717) is 0 Å². The van der Waals surface area contributed by atoms with Gasteiger partial charge in [0.15, 0.2) is 0 Å². The first-order valence-electron chi connectivity index (χ1n) is 6.08. The van der Waals surface area contributed by atoms with Gasteiger partial charge in [0, 0.05) is 31.4 Å². The molecule has 18 heavy (non-hydrogen) atoms. The van der Waals surface area contributed by atoms with E-state index in [1.165, 1.54) is 12.7 Å². The predicted octanol–water partition coefficient (Wildman–Crippen LogP) is 1.20. The first-order valence-corrected chi connectivity index (χ1v) is 6.08. The largest absolute Gasteiger partial charge is 0.453 e. The van der Waals surface area contributed by atoms with Gasteiger partial charge < -0.3 is 15.8 Å². The highest BCUT2D eigenvalue weighted by Gasteiger charge is 2.23. The lowest BCUT2D eigenvalue weighted by molar-refractivity contribution is 0.166. The van der Waals surface area contributed by atoms with E-state index in [4.69, 9.17) is 5.73 Å². The van der Waals surface area contributed by atoms with Crippen LogP contribution in [0.25, 0.3) is 0 Å². The van der Waals surface area contributed by atoms with E-state index < -0.39 is 0 Å². The van der Waals surface area contributed by atoms with Gasteiger partial charge >= 0.3 is 6.09 Å². The standard InChI is InChI=1S/C13H19N3O2/c1-18-13(17)15-12-5-6-16(9-12)8-10-3-2-4-11(14)7-10/h2-4,7,12H,5-6,8-9,14H2,1H3,(H,15,17). The highest BCUT2D eigenvalue weighted by molar-refractivity contribution is 5.67. The fourth-order valence-electron chi connectivity index (χ4n) is 2.27. The van der Waals surface area contributed by atoms with Crippen LogP contribution in [-0.4, -0.2) is 37.2 Å². The minimum Gasteiger partial charge on any atom is -0.453 e. The van der Waals surface area contributed by atoms with Crippen molar-refractivity contribution in [2.45, 2.75) is 19.0 Å². The molecule has 0 radical (unpaired) electrons. The number of carbonyl (C=O) groups is 1. The second-order valence-corrected chi connectivity index (χ2v) is 4.60. The van der Waals surface area contributed by atoms with Crippen LogP contribution in [0.1, 0.15) is 12.0 Å². The van der Waals surface area contributed by atoms with E-state index in [1.807, 2.05) is 18.2 Å². The van der Waals surface area contributed by atoms with Crippen LogP contribution < -0.4 is 11.1 Å². The van der Waals surface area contributed by atoms with Gasteiger partial charge in [0.05, 0.1) is 7.11 Å². The minimum absolute atomic E-state index is 0.179. The third-order valence-corrected chi connectivity index (χ3v) is 3.14. The molecule has 0 bridgehead atoms. The molecule has 1 aromatic carbocycles. The number of hydrogen-bond donors (Lipinski definition) is 2. The van der Waals surface area contributed by atoms with Crippen molar-refractivity contribution in [3.8, 4) is 0 Å². The van der Waals surface area contributed by atoms with Crippen LogP contribution in [0.15, 0.2) is 24.3 Å². The third kappa shape index (κ3) is 3.37. The Morgan fingerprint density at radius 3 is 3.17 bits per heavy atom. The molecule has 3 N–H and O–H groups in total. The molecule has 1 atom stereocenters. The quantitative estimate of drug-likeness (QED) is 0.790. The minimum atomic E-state index is -0.356. The van der Waals surface area contributed by atoms with Crippen molar-refractivity contribution in [1.29, 1.82) is 0 Å². The summed E-state index contributed by atoms with van der Waals surface area (Å²) in [6.07, 6.45) is 0.600. The van der Waals surface area contributed by atoms with Gasteiger partial charge in [-0.2, -0.15) is 0 Å². The van der Waals surface area contributed by atoms with Gasteiger partial charge in [0.25, 0.3) is 0 Å². The smallest absolute Gasteiger partial charge is 0.407 e. The number of alkyl carbamates (subject to hydrolysis) is 1. The van der Waals surface area contributed by atoms with Gasteiger partial charge in [-0.3, -0.25) is 4.90 Å². The van der Waals surface area contributed by atoms with Crippen LogP contribution in [0.3, 0.4) is 0 Å². The van der Waals surface area contributed by atoms with E-state index in [-0.39, 0.29) is 12.1 Å². The summed E-state index contributed by atoms with van der Waals surface area (Å²) < 4.78 is 4.60. The fraction of sp³-hybridized carbons (Fsp3) is 0.462. The molecule has 5 heteroatoms. The van der Waals surface area contributed by atoms with Crippen LogP contribution in [0, 0.1) is 0 Å². The van der Waals surface area contributed by atoms with Crippen LogP contribution >= 0.6 is 0 Å². The maximum Gasteiger partial charge on any atom is 0.407 e. The molecule has 98 valence electrons. The maximum absolute atomic E-state index is 11.1. The predicted molar refractivity (Wildman–Crippen MR) is 70.1 cm³/mol. The molecule has 1 aromatic rings. The molecule has 0 saturated carbocycles. The number of ether oxygens (including phenoxy) is 1. The summed E-state index contributed by atoms with van der Waals surface area (Å²) in [5.41, 5.74) is 7.74. The molecular weight excluding hydrogens is 230 g/mol. The molecule has 1 aliphatic rings. The molecule has 0 spiro atoms. The van der Waals surface area contributed by atoms with E-state index in [2.05, 4.69) is 21.0 Å². The lowest BCUT2D eigenvalue weighted by Gasteiger charge is -2.16. The summed E-state index contributed by atoms with van der Waals surface area (Å²) in [5.74, 6) is 0. The van der Waals surface area contributed by atoms with Gasteiger partial charge in [-0.1, -0.05) is 12.1 Å². The summed E-state index contributed by atoms with van der Waals surface area (Å²) in [6, 6.07) is 8.08. The number of anilines is 1. The van der Waals surface area contributed by atoms with Crippen molar-refractivity contribution >= 4 is 11.8 Å². The number of hydrogen-bond acceptors (Lipinski definition) is 4. The Morgan fingerprint density at radius 1 is 1.61 bits per heavy atom. The zero-order valence-electron chi connectivity index (χ0n) is 10.6. The van der Waals surface area contributed by atoms with Crippen molar-refractivity contribution < 1.29 is 9.53 Å². The highest BCUT2D eigenvalue weighted by atomic mass is 16.5. The number of amides is 1. The first kappa shape index (κ1) is 12.7. The average molecular weight is 249 g/mol. The van der Waals surface area contributed by atoms with E-state index in [1.54, 1.807) is 0 Å². The lowest BCUT2D eigenvalue weighted by atomic mass is 10.2. The van der Waals surface area contributed by atoms with Crippen LogP contribution in [-0.2, 0) is 11.3 Å². The molecule has 1 saturated heterocycles. The number of likely N-dealkylation sites (tertiary alicyclic amines) is 1. The molecule has 1 fully saturated rings. The van der Waals surface area contributed by atoms with E-state index >= 15 is 0 Å². The van der Waals surface area contributed by atoms with Gasteiger partial charge in [0.2, 0.25) is 0 Å². The summed E-state index contributed by atoms with van der Waals surface area (Å²) in [7, 11) is 1.38. The molecule has 1 amide bonds. The zero-order valence-corrected chi connectivity index (χ0v) is 10.6. The first-order chi connectivity index (χ1) is 8.67. The molecule has 2 rings (SSSR count). The fourth-order valence-corrected chi connectivity index (χ4v) is 2.27. The number of rotatable bonds is 3. The highest BCUT2D eigenvalue weighted by Crippen LogP contribution is 2.15. The molecule has 1 heterocycles. The second kappa shape index (κ2) is 5.73. The Hall–Kier alpha value is -1.75. The van der Waals surface area contributed by atoms with E-state index in [9.17, 15) is 4.79 Å². The third-order valence-electron chi connectivity index (χ3n) is 3.14. The number of nitrogens with zero attached hydrogens (tertiary/aromatic N) is 1. The summed E-state index contributed by atoms with van der Waals surface area (Å²) in [5, 5.41) is 2.83. The number of carbonyl (C=O) groups excluding carboxylic acids is 1. The van der Waals surface area contributed by atoms with Gasteiger partial charge in [-0.05, 0) is 24.1 Å². The van der Waals surface area contributed by atoms with Crippen LogP contribution in [0.5, 0.6) is 0 Å². The van der Waals surface area contributed by atoms with Crippen molar-refractivity contribution in [2.75, 3.05) is 25.9 Å². The number of nitrogens with one attached hydrogen (secondary N) is 1. The van der Waals surface area contributed by atoms with Gasteiger partial charge in [0.1, 0.15) is 0 Å². The Morgan fingerprint density at radius 2 is 2.44 bits per heavy atom. The molecular formula is C13H19N3O2. The SMILES string of the molecule is COC(=O)NC1CCN(Cc2cccc(N)c2)C1. The lowest BCUT2D eigenvalue weighted by Crippen LogP contribution is -2.36. The van der Waals surface area contributed by atoms with Crippen molar-refractivity contribution in [2.24, 2.45) is 0 Å². The summed E-state index contributed by atoms with van der Waals surface area (Å²) in [4.78, 5) is 13.4. The topological polar surface area (TPSA) is 67.6 Å². The molecule has 5 nitrogen and oxygen atoms in total. The number of methoxy groups -OCH3 is 1. The van der Waals surface area contributed by atoms with Crippen molar-refractivity contribution in [3.63, 3.8) is 0 Å². The van der Waals surface area contributed by atoms with Crippen LogP contribution in [0.4, 0.5) is 10.5 Å².